The minimum Gasteiger partial charge on any atom is -0.381 e. The van der Waals surface area contributed by atoms with Gasteiger partial charge in [-0.2, -0.15) is 0 Å². The van der Waals surface area contributed by atoms with Gasteiger partial charge in [0, 0.05) is 32.3 Å². The maximum Gasteiger partial charge on any atom is 0.0469 e. The van der Waals surface area contributed by atoms with Crippen molar-refractivity contribution in [1.82, 2.24) is 10.6 Å². The van der Waals surface area contributed by atoms with Gasteiger partial charge in [-0.15, -0.1) is 0 Å². The van der Waals surface area contributed by atoms with Crippen LogP contribution in [0.2, 0.25) is 0 Å². The minimum absolute atomic E-state index is 0.847. The Morgan fingerprint density at radius 1 is 1.00 bits per heavy atom. The number of hydrogen-bond donors (Lipinski definition) is 2. The Balaban J connectivity index is 1.41. The number of hydrogen-bond acceptors (Lipinski definition) is 3. The maximum atomic E-state index is 5.33. The molecule has 0 aromatic rings. The second-order valence-electron chi connectivity index (χ2n) is 4.49. The highest BCUT2D eigenvalue weighted by molar-refractivity contribution is 4.80. The van der Waals surface area contributed by atoms with Crippen LogP contribution in [0.3, 0.4) is 0 Å². The van der Waals surface area contributed by atoms with E-state index in [1.54, 1.807) is 0 Å². The normalized spacial score (nSPS) is 24.0. The number of rotatable bonds is 6. The van der Waals surface area contributed by atoms with Crippen molar-refractivity contribution < 1.29 is 4.74 Å². The van der Waals surface area contributed by atoms with E-state index >= 15 is 0 Å². The molecule has 0 spiro atoms. The summed E-state index contributed by atoms with van der Waals surface area (Å²) < 4.78 is 5.33. The van der Waals surface area contributed by atoms with Crippen molar-refractivity contribution in [3.8, 4) is 0 Å². The molecule has 0 atom stereocenters. The largest absolute Gasteiger partial charge is 0.381 e. The Kier molecular flexibility index (Phi) is 4.22. The lowest BCUT2D eigenvalue weighted by atomic mass is 10.0. The first kappa shape index (κ1) is 10.4. The highest BCUT2D eigenvalue weighted by Gasteiger charge is 2.19. The Bertz CT molecular complexity index is 153. The van der Waals surface area contributed by atoms with E-state index in [-0.39, 0.29) is 0 Å². The fourth-order valence-corrected chi connectivity index (χ4v) is 1.91. The van der Waals surface area contributed by atoms with Crippen molar-refractivity contribution >= 4 is 0 Å². The van der Waals surface area contributed by atoms with Gasteiger partial charge in [0.1, 0.15) is 0 Å². The van der Waals surface area contributed by atoms with E-state index in [2.05, 4.69) is 10.6 Å². The molecule has 14 heavy (non-hydrogen) atoms. The Morgan fingerprint density at radius 3 is 2.50 bits per heavy atom. The summed E-state index contributed by atoms with van der Waals surface area (Å²) in [5, 5.41) is 7.03. The third kappa shape index (κ3) is 3.95. The molecule has 1 aliphatic heterocycles. The average molecular weight is 198 g/mol. The Labute approximate surface area is 86.6 Å². The summed E-state index contributed by atoms with van der Waals surface area (Å²) in [5.74, 6) is 0.852. The average Bonchev–Trinajstić information content (AvgIpc) is 3.03. The SMILES string of the molecule is C(CNC1CC1)NCC1CCOCC1. The lowest BCUT2D eigenvalue weighted by Gasteiger charge is -2.22. The molecule has 1 heterocycles. The van der Waals surface area contributed by atoms with Gasteiger partial charge >= 0.3 is 0 Å². The van der Waals surface area contributed by atoms with Crippen LogP contribution in [0.4, 0.5) is 0 Å². The zero-order chi connectivity index (χ0) is 9.64. The Morgan fingerprint density at radius 2 is 1.79 bits per heavy atom. The fourth-order valence-electron chi connectivity index (χ4n) is 1.91. The van der Waals surface area contributed by atoms with Crippen molar-refractivity contribution in [2.75, 3.05) is 32.8 Å². The molecule has 2 rings (SSSR count). The maximum absolute atomic E-state index is 5.33. The van der Waals surface area contributed by atoms with Crippen molar-refractivity contribution in [1.29, 1.82) is 0 Å². The molecule has 1 saturated carbocycles. The van der Waals surface area contributed by atoms with E-state index in [0.29, 0.717) is 0 Å². The zero-order valence-corrected chi connectivity index (χ0v) is 8.93. The van der Waals surface area contributed by atoms with Crippen LogP contribution in [0.15, 0.2) is 0 Å². The summed E-state index contributed by atoms with van der Waals surface area (Å²) in [6.07, 6.45) is 5.26. The van der Waals surface area contributed by atoms with Gasteiger partial charge in [0.05, 0.1) is 0 Å². The highest BCUT2D eigenvalue weighted by atomic mass is 16.5. The molecule has 2 N–H and O–H groups in total. The molecule has 3 nitrogen and oxygen atoms in total. The van der Waals surface area contributed by atoms with Crippen molar-refractivity contribution in [3.63, 3.8) is 0 Å². The smallest absolute Gasteiger partial charge is 0.0469 e. The molecule has 82 valence electrons. The molecule has 0 aromatic heterocycles. The molecule has 3 heteroatoms. The lowest BCUT2D eigenvalue weighted by molar-refractivity contribution is 0.0664. The van der Waals surface area contributed by atoms with Gasteiger partial charge in [-0.1, -0.05) is 0 Å². The van der Waals surface area contributed by atoms with Gasteiger partial charge in [0.25, 0.3) is 0 Å². The van der Waals surface area contributed by atoms with E-state index in [4.69, 9.17) is 4.74 Å². The van der Waals surface area contributed by atoms with E-state index in [9.17, 15) is 0 Å². The van der Waals surface area contributed by atoms with E-state index in [0.717, 1.165) is 38.3 Å². The topological polar surface area (TPSA) is 33.3 Å². The standard InChI is InChI=1S/C11H22N2O/c1-2-11(1)13-6-5-12-9-10-3-7-14-8-4-10/h10-13H,1-9H2. The van der Waals surface area contributed by atoms with Crippen LogP contribution >= 0.6 is 0 Å². The van der Waals surface area contributed by atoms with Gasteiger partial charge in [-0.05, 0) is 38.1 Å². The molecular formula is C11H22N2O. The third-order valence-corrected chi connectivity index (χ3v) is 3.09. The summed E-state index contributed by atoms with van der Waals surface area (Å²) in [6, 6.07) is 0.847. The second kappa shape index (κ2) is 5.69. The molecule has 0 radical (unpaired) electrons. The summed E-state index contributed by atoms with van der Waals surface area (Å²) in [7, 11) is 0. The van der Waals surface area contributed by atoms with Crippen molar-refractivity contribution in [2.24, 2.45) is 5.92 Å². The van der Waals surface area contributed by atoms with Crippen molar-refractivity contribution in [2.45, 2.75) is 31.7 Å². The van der Waals surface area contributed by atoms with Crippen LogP contribution in [0.1, 0.15) is 25.7 Å². The predicted octanol–water partition coefficient (Wildman–Crippen LogP) is 0.755. The van der Waals surface area contributed by atoms with Gasteiger partial charge in [0.2, 0.25) is 0 Å². The predicted molar refractivity (Wildman–Crippen MR) is 57.4 cm³/mol. The van der Waals surface area contributed by atoms with E-state index in [1.807, 2.05) is 0 Å². The molecule has 1 aliphatic carbocycles. The molecule has 0 amide bonds. The van der Waals surface area contributed by atoms with Gasteiger partial charge in [-0.3, -0.25) is 0 Å². The summed E-state index contributed by atoms with van der Waals surface area (Å²) in [6.45, 7) is 5.36. The monoisotopic (exact) mass is 198 g/mol. The summed E-state index contributed by atoms with van der Waals surface area (Å²) in [4.78, 5) is 0. The lowest BCUT2D eigenvalue weighted by Crippen LogP contribution is -2.33. The van der Waals surface area contributed by atoms with Crippen molar-refractivity contribution in [3.05, 3.63) is 0 Å². The van der Waals surface area contributed by atoms with Gasteiger partial charge in [-0.25, -0.2) is 0 Å². The first-order valence-corrected chi connectivity index (χ1v) is 5.97. The van der Waals surface area contributed by atoms with E-state index in [1.165, 1.54) is 32.2 Å². The van der Waals surface area contributed by atoms with Crippen LogP contribution in [0, 0.1) is 5.92 Å². The fraction of sp³-hybridized carbons (Fsp3) is 1.00. The molecular weight excluding hydrogens is 176 g/mol. The molecule has 1 saturated heterocycles. The molecule has 0 bridgehead atoms. The second-order valence-corrected chi connectivity index (χ2v) is 4.49. The van der Waals surface area contributed by atoms with E-state index < -0.39 is 0 Å². The molecule has 2 fully saturated rings. The quantitative estimate of drug-likeness (QED) is 0.618. The van der Waals surface area contributed by atoms with Gasteiger partial charge in [0.15, 0.2) is 0 Å². The highest BCUT2D eigenvalue weighted by Crippen LogP contribution is 2.17. The molecule has 2 aliphatic rings. The number of nitrogens with one attached hydrogen (secondary N) is 2. The third-order valence-electron chi connectivity index (χ3n) is 3.09. The van der Waals surface area contributed by atoms with Crippen LogP contribution in [0.25, 0.3) is 0 Å². The van der Waals surface area contributed by atoms with Gasteiger partial charge < -0.3 is 15.4 Å². The van der Waals surface area contributed by atoms with Crippen LogP contribution in [-0.4, -0.2) is 38.9 Å². The summed E-state index contributed by atoms with van der Waals surface area (Å²) >= 11 is 0. The Hall–Kier alpha value is -0.120. The molecule has 0 aromatic carbocycles. The van der Waals surface area contributed by atoms with Crippen LogP contribution in [0.5, 0.6) is 0 Å². The zero-order valence-electron chi connectivity index (χ0n) is 8.93. The van der Waals surface area contributed by atoms with Crippen LogP contribution < -0.4 is 10.6 Å². The first-order chi connectivity index (χ1) is 6.95. The first-order valence-electron chi connectivity index (χ1n) is 5.97. The summed E-state index contributed by atoms with van der Waals surface area (Å²) in [5.41, 5.74) is 0. The minimum atomic E-state index is 0.847. The number of ether oxygens (including phenoxy) is 1. The molecule has 0 unspecified atom stereocenters. The van der Waals surface area contributed by atoms with Crippen LogP contribution in [-0.2, 0) is 4.74 Å².